The van der Waals surface area contributed by atoms with Crippen LogP contribution in [0.2, 0.25) is 0 Å². The van der Waals surface area contributed by atoms with Crippen molar-refractivity contribution >= 4 is 0 Å². The molecule has 1 saturated carbocycles. The molecule has 0 amide bonds. The van der Waals surface area contributed by atoms with Gasteiger partial charge < -0.3 is 11.2 Å². The predicted molar refractivity (Wildman–Crippen MR) is 49.6 cm³/mol. The molecule has 0 spiro atoms. The molecule has 12 heavy (non-hydrogen) atoms. The summed E-state index contributed by atoms with van der Waals surface area (Å²) in [6.07, 6.45) is 2.93. The van der Waals surface area contributed by atoms with Crippen molar-refractivity contribution in [3.05, 3.63) is 11.2 Å². The van der Waals surface area contributed by atoms with Gasteiger partial charge in [0, 0.05) is 0 Å². The van der Waals surface area contributed by atoms with Gasteiger partial charge in [0.2, 0.25) is 0 Å². The van der Waals surface area contributed by atoms with Crippen molar-refractivity contribution in [2.75, 3.05) is 13.1 Å². The Balaban J connectivity index is 0.000000217. The fourth-order valence-corrected chi connectivity index (χ4v) is 1.52. The Kier molecular flexibility index (Phi) is 7.01. The van der Waals surface area contributed by atoms with Crippen molar-refractivity contribution in [1.29, 1.82) is 0 Å². The van der Waals surface area contributed by atoms with E-state index in [0.717, 1.165) is 11.8 Å². The molecule has 0 aromatic heterocycles. The summed E-state index contributed by atoms with van der Waals surface area (Å²) >= 11 is 0. The van der Waals surface area contributed by atoms with E-state index in [1.54, 1.807) is 0 Å². The van der Waals surface area contributed by atoms with Gasteiger partial charge in [-0.2, -0.15) is 20.8 Å². The first kappa shape index (κ1) is 13.0. The van der Waals surface area contributed by atoms with Gasteiger partial charge in [0.05, 0.1) is 0 Å². The van der Waals surface area contributed by atoms with Gasteiger partial charge in [-0.3, -0.25) is 0 Å². The van der Waals surface area contributed by atoms with Crippen molar-refractivity contribution in [1.82, 2.24) is 0 Å². The van der Waals surface area contributed by atoms with Crippen LogP contribution in [-0.2, 0) is 0 Å². The third kappa shape index (κ3) is 4.31. The van der Waals surface area contributed by atoms with Gasteiger partial charge in [-0.25, -0.2) is 0 Å². The van der Waals surface area contributed by atoms with Crippen molar-refractivity contribution in [2.24, 2.45) is 11.8 Å². The van der Waals surface area contributed by atoms with Crippen LogP contribution < -0.4 is 0 Å². The van der Waals surface area contributed by atoms with Gasteiger partial charge >= 0.3 is 31.1 Å². The zero-order valence-electron chi connectivity index (χ0n) is 8.43. The van der Waals surface area contributed by atoms with Gasteiger partial charge in [-0.15, -0.1) is 13.1 Å². The van der Waals surface area contributed by atoms with E-state index in [-0.39, 0.29) is 31.1 Å². The second kappa shape index (κ2) is 6.46. The summed E-state index contributed by atoms with van der Waals surface area (Å²) in [6, 6.07) is 0. The van der Waals surface area contributed by atoms with Gasteiger partial charge in [0.15, 0.2) is 0 Å². The molecule has 1 heterocycles. The molecule has 2 atom stereocenters. The molecule has 0 bridgehead atoms. The van der Waals surface area contributed by atoms with E-state index in [0.29, 0.717) is 0 Å². The van der Waals surface area contributed by atoms with E-state index in [4.69, 9.17) is 0 Å². The van der Waals surface area contributed by atoms with Gasteiger partial charge in [0.25, 0.3) is 0 Å². The maximum absolute atomic E-state index is 4.31. The molecule has 0 radical (unpaired) electrons. The minimum absolute atomic E-state index is 0. The fraction of sp³-hybridized carbons (Fsp3) is 0.900. The van der Waals surface area contributed by atoms with Crippen LogP contribution in [0, 0.1) is 48.9 Å². The van der Waals surface area contributed by atoms with E-state index in [9.17, 15) is 0 Å². The maximum Gasteiger partial charge on any atom is 2.00 e. The van der Waals surface area contributed by atoms with Crippen LogP contribution >= 0.6 is 0 Å². The second-order valence-electron chi connectivity index (χ2n) is 4.19. The molecule has 2 fully saturated rings. The fourth-order valence-electron chi connectivity index (χ4n) is 1.52. The smallest absolute Gasteiger partial charge is 0.662 e. The summed E-state index contributed by atoms with van der Waals surface area (Å²) in [5.74, 6) is 3.47. The average molecular weight is 391 g/mol. The Hall–Kier alpha value is 1.01. The van der Waals surface area contributed by atoms with Gasteiger partial charge in [-0.1, -0.05) is 24.7 Å². The Bertz CT molecular complexity index is 102. The Labute approximate surface area is 100 Å². The van der Waals surface area contributed by atoms with Gasteiger partial charge in [-0.05, 0) is 0 Å². The molecule has 2 rings (SSSR count). The molecular formula is C10H19NU. The van der Waals surface area contributed by atoms with E-state index in [1.165, 1.54) is 31.8 Å². The summed E-state index contributed by atoms with van der Waals surface area (Å²) in [6.45, 7) is 8.62. The van der Waals surface area contributed by atoms with Crippen molar-refractivity contribution in [3.8, 4) is 0 Å². The standard InChI is InChI=1S/C6H10N.C4H9.U/c1-2-6-4-7-3-5(1)6;1-4(2)3;/h5-6H,1-4H2;1-3H3;/q2*-1;+2. The number of fused-ring (bicyclic) bond motifs is 1. The minimum atomic E-state index is 0. The SMILES string of the molecule is C1CC2C[N-]CC12.C[C-](C)C.[U+2]. The Morgan fingerprint density at radius 3 is 1.50 bits per heavy atom. The zero-order valence-corrected chi connectivity index (χ0v) is 12.6. The third-order valence-electron chi connectivity index (χ3n) is 2.30. The second-order valence-corrected chi connectivity index (χ2v) is 4.19. The molecule has 0 aromatic carbocycles. The summed E-state index contributed by atoms with van der Waals surface area (Å²) < 4.78 is 0. The third-order valence-corrected chi connectivity index (χ3v) is 2.30. The number of nitrogens with zero attached hydrogens (tertiary/aromatic N) is 1. The van der Waals surface area contributed by atoms with Crippen LogP contribution in [0.15, 0.2) is 0 Å². The molecular weight excluding hydrogens is 372 g/mol. The van der Waals surface area contributed by atoms with E-state index in [1.807, 2.05) is 0 Å². The zero-order chi connectivity index (χ0) is 8.27. The molecule has 1 nitrogen and oxygen atoms in total. The minimum Gasteiger partial charge on any atom is -0.662 e. The van der Waals surface area contributed by atoms with Crippen LogP contribution in [0.1, 0.15) is 33.6 Å². The predicted octanol–water partition coefficient (Wildman–Crippen LogP) is 3.02. The van der Waals surface area contributed by atoms with E-state index < -0.39 is 0 Å². The number of hydrogen-bond donors (Lipinski definition) is 0. The molecule has 68 valence electrons. The largest absolute Gasteiger partial charge is 2.00 e. The van der Waals surface area contributed by atoms with E-state index in [2.05, 4.69) is 26.1 Å². The first-order valence-corrected chi connectivity index (χ1v) is 4.60. The molecule has 2 aliphatic rings. The van der Waals surface area contributed by atoms with Crippen LogP contribution in [0.5, 0.6) is 0 Å². The first-order valence-electron chi connectivity index (χ1n) is 4.60. The topological polar surface area (TPSA) is 14.1 Å². The molecule has 0 aromatic rings. The summed E-state index contributed by atoms with van der Waals surface area (Å²) in [7, 11) is 0. The van der Waals surface area contributed by atoms with Crippen LogP contribution in [0.3, 0.4) is 0 Å². The Morgan fingerprint density at radius 2 is 1.33 bits per heavy atom. The summed E-state index contributed by atoms with van der Waals surface area (Å²) in [5.41, 5.74) is 0. The average Bonchev–Trinajstić information content (AvgIpc) is 2.10. The number of rotatable bonds is 0. The molecule has 0 N–H and O–H groups in total. The van der Waals surface area contributed by atoms with Crippen LogP contribution in [-0.4, -0.2) is 13.1 Å². The molecule has 1 aliphatic heterocycles. The molecule has 1 aliphatic carbocycles. The van der Waals surface area contributed by atoms with Crippen LogP contribution in [0.4, 0.5) is 0 Å². The Morgan fingerprint density at radius 1 is 1.00 bits per heavy atom. The van der Waals surface area contributed by atoms with Crippen molar-refractivity contribution < 1.29 is 31.1 Å². The summed E-state index contributed by atoms with van der Waals surface area (Å²) in [4.78, 5) is 0. The maximum atomic E-state index is 4.31. The van der Waals surface area contributed by atoms with Crippen molar-refractivity contribution in [2.45, 2.75) is 33.6 Å². The normalized spacial score (nSPS) is 31.0. The monoisotopic (exact) mass is 391 g/mol. The molecule has 2 unspecified atom stereocenters. The van der Waals surface area contributed by atoms with E-state index >= 15 is 0 Å². The quantitative estimate of drug-likeness (QED) is 0.564. The molecule has 1 saturated heterocycles. The number of hydrogen-bond acceptors (Lipinski definition) is 0. The van der Waals surface area contributed by atoms with Crippen molar-refractivity contribution in [3.63, 3.8) is 0 Å². The molecule has 2 heteroatoms. The van der Waals surface area contributed by atoms with Gasteiger partial charge in [0.1, 0.15) is 0 Å². The van der Waals surface area contributed by atoms with Crippen LogP contribution in [0.25, 0.3) is 5.32 Å². The summed E-state index contributed by atoms with van der Waals surface area (Å²) in [5, 5.41) is 4.31. The first-order chi connectivity index (χ1) is 5.20.